The van der Waals surface area contributed by atoms with Crippen molar-refractivity contribution in [3.05, 3.63) is 30.1 Å². The maximum atomic E-state index is 11.7. The Morgan fingerprint density at radius 2 is 2.06 bits per heavy atom. The number of amides is 2. The van der Waals surface area contributed by atoms with Gasteiger partial charge in [-0.1, -0.05) is 0 Å². The number of hydrogen-bond donors (Lipinski definition) is 1. The van der Waals surface area contributed by atoms with E-state index in [9.17, 15) is 9.59 Å². The van der Waals surface area contributed by atoms with Crippen molar-refractivity contribution in [2.75, 3.05) is 6.54 Å². The Balaban J connectivity index is 1.79. The number of rotatable bonds is 5. The van der Waals surface area contributed by atoms with Gasteiger partial charge in [-0.05, 0) is 30.5 Å². The van der Waals surface area contributed by atoms with Crippen LogP contribution < -0.4 is 5.32 Å². The quantitative estimate of drug-likeness (QED) is 0.833. The van der Waals surface area contributed by atoms with E-state index < -0.39 is 0 Å². The van der Waals surface area contributed by atoms with E-state index in [1.54, 1.807) is 17.3 Å². The molecule has 0 aromatic carbocycles. The van der Waals surface area contributed by atoms with Gasteiger partial charge in [0.1, 0.15) is 0 Å². The van der Waals surface area contributed by atoms with Crippen LogP contribution in [-0.2, 0) is 16.1 Å². The second-order valence-electron chi connectivity index (χ2n) is 4.51. The average molecular weight is 247 g/mol. The van der Waals surface area contributed by atoms with Gasteiger partial charge in [0.05, 0.1) is 6.54 Å². The van der Waals surface area contributed by atoms with Crippen LogP contribution in [0, 0.1) is 0 Å². The number of carbonyl (C=O) groups is 2. The zero-order chi connectivity index (χ0) is 13.0. The highest BCUT2D eigenvalue weighted by atomic mass is 16.2. The molecule has 96 valence electrons. The molecule has 1 N–H and O–H groups in total. The summed E-state index contributed by atoms with van der Waals surface area (Å²) < 4.78 is 0. The van der Waals surface area contributed by atoms with Crippen molar-refractivity contribution in [2.45, 2.75) is 32.4 Å². The first kappa shape index (κ1) is 12.5. The number of hydrogen-bond acceptors (Lipinski definition) is 3. The summed E-state index contributed by atoms with van der Waals surface area (Å²) >= 11 is 0. The molecule has 1 heterocycles. The normalized spacial score (nSPS) is 14.1. The minimum Gasteiger partial charge on any atom is -0.350 e. The zero-order valence-corrected chi connectivity index (χ0v) is 10.4. The Hall–Kier alpha value is -1.91. The van der Waals surface area contributed by atoms with Gasteiger partial charge in [0.2, 0.25) is 11.8 Å². The minimum absolute atomic E-state index is 0.0310. The van der Waals surface area contributed by atoms with E-state index in [-0.39, 0.29) is 24.4 Å². The van der Waals surface area contributed by atoms with Crippen molar-refractivity contribution in [3.63, 3.8) is 0 Å². The van der Waals surface area contributed by atoms with Crippen LogP contribution in [0.5, 0.6) is 0 Å². The molecule has 1 aliphatic carbocycles. The number of nitrogens with one attached hydrogen (secondary N) is 1. The molecule has 5 heteroatoms. The standard InChI is InChI=1S/C13H17N3O2/c1-10(17)16(12-2-3-12)9-13(18)15-8-11-4-6-14-7-5-11/h4-7,12H,2-3,8-9H2,1H3,(H,15,18). The lowest BCUT2D eigenvalue weighted by molar-refractivity contribution is -0.134. The van der Waals surface area contributed by atoms with E-state index >= 15 is 0 Å². The summed E-state index contributed by atoms with van der Waals surface area (Å²) in [5, 5.41) is 2.81. The van der Waals surface area contributed by atoms with Crippen LogP contribution in [0.1, 0.15) is 25.3 Å². The van der Waals surface area contributed by atoms with Crippen LogP contribution >= 0.6 is 0 Å². The largest absolute Gasteiger partial charge is 0.350 e. The smallest absolute Gasteiger partial charge is 0.239 e. The highest BCUT2D eigenvalue weighted by molar-refractivity contribution is 5.84. The highest BCUT2D eigenvalue weighted by Crippen LogP contribution is 2.26. The van der Waals surface area contributed by atoms with Gasteiger partial charge >= 0.3 is 0 Å². The first-order valence-electron chi connectivity index (χ1n) is 6.09. The Labute approximate surface area is 106 Å². The summed E-state index contributed by atoms with van der Waals surface area (Å²) in [4.78, 5) is 28.7. The van der Waals surface area contributed by atoms with Gasteiger partial charge in [-0.25, -0.2) is 0 Å². The molecule has 0 radical (unpaired) electrons. The lowest BCUT2D eigenvalue weighted by Gasteiger charge is -2.19. The highest BCUT2D eigenvalue weighted by Gasteiger charge is 2.31. The SMILES string of the molecule is CC(=O)N(CC(=O)NCc1ccncc1)C1CC1. The minimum atomic E-state index is -0.117. The van der Waals surface area contributed by atoms with Crippen LogP contribution in [0.25, 0.3) is 0 Å². The number of carbonyl (C=O) groups excluding carboxylic acids is 2. The molecule has 18 heavy (non-hydrogen) atoms. The van der Waals surface area contributed by atoms with Crippen molar-refractivity contribution < 1.29 is 9.59 Å². The maximum absolute atomic E-state index is 11.7. The van der Waals surface area contributed by atoms with Gasteiger partial charge in [-0.15, -0.1) is 0 Å². The van der Waals surface area contributed by atoms with Crippen LogP contribution in [0.4, 0.5) is 0 Å². The first-order valence-corrected chi connectivity index (χ1v) is 6.09. The molecule has 0 saturated heterocycles. The van der Waals surface area contributed by atoms with Gasteiger partial charge < -0.3 is 10.2 Å². The summed E-state index contributed by atoms with van der Waals surface area (Å²) in [6.45, 7) is 2.14. The monoisotopic (exact) mass is 247 g/mol. The third-order valence-electron chi connectivity index (χ3n) is 2.95. The van der Waals surface area contributed by atoms with E-state index in [2.05, 4.69) is 10.3 Å². The fourth-order valence-electron chi connectivity index (χ4n) is 1.80. The molecule has 2 amide bonds. The van der Waals surface area contributed by atoms with Crippen LogP contribution in [0.15, 0.2) is 24.5 Å². The summed E-state index contributed by atoms with van der Waals surface area (Å²) in [7, 11) is 0. The summed E-state index contributed by atoms with van der Waals surface area (Å²) in [6, 6.07) is 3.97. The summed E-state index contributed by atoms with van der Waals surface area (Å²) in [5.74, 6) is -0.148. The van der Waals surface area contributed by atoms with Crippen LogP contribution in [0.3, 0.4) is 0 Å². The van der Waals surface area contributed by atoms with Gasteiger partial charge in [0.25, 0.3) is 0 Å². The molecule has 5 nitrogen and oxygen atoms in total. The van der Waals surface area contributed by atoms with Crippen molar-refractivity contribution in [2.24, 2.45) is 0 Å². The number of pyridine rings is 1. The lowest BCUT2D eigenvalue weighted by Crippen LogP contribution is -2.40. The Morgan fingerprint density at radius 1 is 1.39 bits per heavy atom. The molecule has 0 atom stereocenters. The van der Waals surface area contributed by atoms with Gasteiger partial charge in [-0.3, -0.25) is 14.6 Å². The molecule has 0 unspecified atom stereocenters. The first-order chi connectivity index (χ1) is 8.66. The second-order valence-corrected chi connectivity index (χ2v) is 4.51. The third kappa shape index (κ3) is 3.55. The molecule has 1 aromatic heterocycles. The molecule has 2 rings (SSSR count). The third-order valence-corrected chi connectivity index (χ3v) is 2.95. The number of aromatic nitrogens is 1. The summed E-state index contributed by atoms with van der Waals surface area (Å²) in [5.41, 5.74) is 0.999. The topological polar surface area (TPSA) is 62.3 Å². The Kier molecular flexibility index (Phi) is 3.92. The van der Waals surface area contributed by atoms with Crippen molar-refractivity contribution in [1.29, 1.82) is 0 Å². The lowest BCUT2D eigenvalue weighted by atomic mass is 10.3. The van der Waals surface area contributed by atoms with Gasteiger partial charge in [-0.2, -0.15) is 0 Å². The van der Waals surface area contributed by atoms with Crippen molar-refractivity contribution >= 4 is 11.8 Å². The average Bonchev–Trinajstić information content (AvgIpc) is 3.18. The second kappa shape index (κ2) is 5.62. The fraction of sp³-hybridized carbons (Fsp3) is 0.462. The van der Waals surface area contributed by atoms with Gasteiger partial charge in [0.15, 0.2) is 0 Å². The van der Waals surface area contributed by atoms with E-state index in [1.165, 1.54) is 6.92 Å². The van der Waals surface area contributed by atoms with E-state index in [1.807, 2.05) is 12.1 Å². The Bertz CT molecular complexity index is 429. The fourth-order valence-corrected chi connectivity index (χ4v) is 1.80. The molecule has 1 aromatic rings. The molecule has 0 bridgehead atoms. The van der Waals surface area contributed by atoms with Gasteiger partial charge in [0, 0.05) is 31.9 Å². The van der Waals surface area contributed by atoms with E-state index in [0.29, 0.717) is 6.54 Å². The van der Waals surface area contributed by atoms with Crippen molar-refractivity contribution in [3.8, 4) is 0 Å². The molecular weight excluding hydrogens is 230 g/mol. The predicted octanol–water partition coefficient (Wildman–Crippen LogP) is 0.709. The summed E-state index contributed by atoms with van der Waals surface area (Å²) in [6.07, 6.45) is 5.40. The van der Waals surface area contributed by atoms with Crippen molar-refractivity contribution in [1.82, 2.24) is 15.2 Å². The van der Waals surface area contributed by atoms with E-state index in [0.717, 1.165) is 18.4 Å². The maximum Gasteiger partial charge on any atom is 0.239 e. The molecule has 1 saturated carbocycles. The molecule has 0 spiro atoms. The Morgan fingerprint density at radius 3 is 2.61 bits per heavy atom. The predicted molar refractivity (Wildman–Crippen MR) is 66.5 cm³/mol. The zero-order valence-electron chi connectivity index (χ0n) is 10.4. The number of nitrogens with zero attached hydrogens (tertiary/aromatic N) is 2. The molecule has 0 aliphatic heterocycles. The molecule has 1 fully saturated rings. The molecule has 1 aliphatic rings. The van der Waals surface area contributed by atoms with Crippen LogP contribution in [0.2, 0.25) is 0 Å². The molecular formula is C13H17N3O2. The van der Waals surface area contributed by atoms with Crippen LogP contribution in [-0.4, -0.2) is 34.3 Å². The van der Waals surface area contributed by atoms with E-state index in [4.69, 9.17) is 0 Å².